The minimum absolute atomic E-state index is 0.0237. The highest BCUT2D eigenvalue weighted by Crippen LogP contribution is 2.34. The molecule has 0 saturated heterocycles. The number of aryl methyl sites for hydroxylation is 1. The Bertz CT molecular complexity index is 558. The van der Waals surface area contributed by atoms with Crippen molar-refractivity contribution in [1.29, 1.82) is 0 Å². The van der Waals surface area contributed by atoms with Crippen LogP contribution in [0.1, 0.15) is 17.4 Å². The number of carbonyl (C=O) groups is 1. The molecule has 0 aliphatic heterocycles. The van der Waals surface area contributed by atoms with Crippen molar-refractivity contribution >= 4 is 16.9 Å². The van der Waals surface area contributed by atoms with E-state index < -0.39 is 12.0 Å². The summed E-state index contributed by atoms with van der Waals surface area (Å²) in [4.78, 5) is 10.8. The first-order valence-corrected chi connectivity index (χ1v) is 4.71. The third-order valence-electron chi connectivity index (χ3n) is 2.50. The molecule has 2 aromatic rings. The van der Waals surface area contributed by atoms with E-state index in [-0.39, 0.29) is 11.3 Å². The summed E-state index contributed by atoms with van der Waals surface area (Å²) in [7, 11) is 0. The van der Waals surface area contributed by atoms with Crippen LogP contribution in [0.2, 0.25) is 0 Å². The predicted octanol–water partition coefficient (Wildman–Crippen LogP) is 1.53. The van der Waals surface area contributed by atoms with Crippen molar-refractivity contribution in [3.8, 4) is 5.75 Å². The van der Waals surface area contributed by atoms with E-state index in [1.54, 1.807) is 19.1 Å². The summed E-state index contributed by atoms with van der Waals surface area (Å²) in [5.74, 6) is -0.745. The highest BCUT2D eigenvalue weighted by Gasteiger charge is 2.23. The van der Waals surface area contributed by atoms with Crippen LogP contribution in [-0.2, 0) is 4.79 Å². The van der Waals surface area contributed by atoms with Gasteiger partial charge in [0.25, 0.3) is 0 Å². The molecule has 16 heavy (non-hydrogen) atoms. The van der Waals surface area contributed by atoms with Crippen molar-refractivity contribution in [3.05, 3.63) is 29.5 Å². The van der Waals surface area contributed by atoms with E-state index in [1.165, 1.54) is 6.07 Å². The molecule has 2 rings (SSSR count). The molecule has 0 amide bonds. The molecule has 4 N–H and O–H groups in total. The van der Waals surface area contributed by atoms with Crippen LogP contribution >= 0.6 is 0 Å². The van der Waals surface area contributed by atoms with Crippen LogP contribution in [0.25, 0.3) is 11.0 Å². The van der Waals surface area contributed by atoms with Gasteiger partial charge in [0.1, 0.15) is 11.8 Å². The molecule has 1 heterocycles. The second-order valence-electron chi connectivity index (χ2n) is 3.54. The lowest BCUT2D eigenvalue weighted by Gasteiger charge is -2.04. The molecule has 1 aromatic heterocycles. The van der Waals surface area contributed by atoms with Gasteiger partial charge in [-0.1, -0.05) is 12.1 Å². The number of para-hydroxylation sites is 1. The second kappa shape index (κ2) is 3.53. The fraction of sp³-hybridized carbons (Fsp3) is 0.182. The molecule has 0 saturated carbocycles. The molecule has 1 atom stereocenters. The predicted molar refractivity (Wildman–Crippen MR) is 57.2 cm³/mol. The molecule has 0 aliphatic rings. The maximum atomic E-state index is 10.8. The molecular weight excluding hydrogens is 210 g/mol. The summed E-state index contributed by atoms with van der Waals surface area (Å²) in [6, 6.07) is 3.61. The van der Waals surface area contributed by atoms with E-state index >= 15 is 0 Å². The fourth-order valence-corrected chi connectivity index (χ4v) is 1.75. The summed E-state index contributed by atoms with van der Waals surface area (Å²) >= 11 is 0. The van der Waals surface area contributed by atoms with Crippen LogP contribution in [0.15, 0.2) is 22.6 Å². The topological polar surface area (TPSA) is 96.7 Å². The van der Waals surface area contributed by atoms with E-state index in [0.29, 0.717) is 16.7 Å². The Morgan fingerprint density at radius 3 is 2.81 bits per heavy atom. The highest BCUT2D eigenvalue weighted by atomic mass is 16.4. The van der Waals surface area contributed by atoms with Gasteiger partial charge >= 0.3 is 5.97 Å². The summed E-state index contributed by atoms with van der Waals surface area (Å²) in [6.07, 6.45) is 0. The first kappa shape index (κ1) is 10.5. The van der Waals surface area contributed by atoms with Crippen molar-refractivity contribution in [2.75, 3.05) is 0 Å². The number of carboxylic acid groups (broad SMARTS) is 1. The number of nitrogens with two attached hydrogens (primary N) is 1. The zero-order valence-electron chi connectivity index (χ0n) is 8.60. The quantitative estimate of drug-likeness (QED) is 0.714. The maximum Gasteiger partial charge on any atom is 0.325 e. The number of carboxylic acids is 1. The number of aliphatic carboxylic acids is 1. The number of furan rings is 1. The summed E-state index contributed by atoms with van der Waals surface area (Å²) in [5.41, 5.74) is 6.23. The lowest BCUT2D eigenvalue weighted by molar-refractivity contribution is -0.138. The van der Waals surface area contributed by atoms with Crippen molar-refractivity contribution in [2.24, 2.45) is 5.73 Å². The standard InChI is InChI=1S/C11H11NO4/c1-5-8(9(12)11(14)15)6-3-2-4-7(13)10(6)16-5/h2-4,9,13H,12H2,1H3,(H,14,15). The average Bonchev–Trinajstić information content (AvgIpc) is 2.55. The lowest BCUT2D eigenvalue weighted by Crippen LogP contribution is -2.21. The fourth-order valence-electron chi connectivity index (χ4n) is 1.75. The Hall–Kier alpha value is -2.01. The number of phenolic OH excluding ortho intramolecular Hbond substituents is 1. The SMILES string of the molecule is Cc1oc2c(O)cccc2c1C(N)C(=O)O. The first-order valence-electron chi connectivity index (χ1n) is 4.71. The normalized spacial score (nSPS) is 12.9. The number of phenols is 1. The molecule has 0 aliphatic carbocycles. The Morgan fingerprint density at radius 1 is 1.50 bits per heavy atom. The number of rotatable bonds is 2. The Kier molecular flexibility index (Phi) is 2.32. The molecule has 1 unspecified atom stereocenters. The lowest BCUT2D eigenvalue weighted by atomic mass is 10.0. The van der Waals surface area contributed by atoms with Gasteiger partial charge < -0.3 is 20.4 Å². The van der Waals surface area contributed by atoms with Crippen LogP contribution in [-0.4, -0.2) is 16.2 Å². The summed E-state index contributed by atoms with van der Waals surface area (Å²) in [6.45, 7) is 1.62. The van der Waals surface area contributed by atoms with Crippen LogP contribution in [0, 0.1) is 6.92 Å². The van der Waals surface area contributed by atoms with Crippen molar-refractivity contribution in [1.82, 2.24) is 0 Å². The van der Waals surface area contributed by atoms with Gasteiger partial charge in [-0.05, 0) is 13.0 Å². The average molecular weight is 221 g/mol. The van der Waals surface area contributed by atoms with E-state index in [0.717, 1.165) is 0 Å². The molecule has 1 aromatic carbocycles. The van der Waals surface area contributed by atoms with Gasteiger partial charge in [-0.2, -0.15) is 0 Å². The molecular formula is C11H11NO4. The number of aromatic hydroxyl groups is 1. The zero-order chi connectivity index (χ0) is 11.9. The second-order valence-corrected chi connectivity index (χ2v) is 3.54. The molecule has 5 nitrogen and oxygen atoms in total. The van der Waals surface area contributed by atoms with Crippen LogP contribution < -0.4 is 5.73 Å². The van der Waals surface area contributed by atoms with Crippen LogP contribution in [0.3, 0.4) is 0 Å². The van der Waals surface area contributed by atoms with Crippen LogP contribution in [0.5, 0.6) is 5.75 Å². The molecule has 0 fully saturated rings. The smallest absolute Gasteiger partial charge is 0.325 e. The third-order valence-corrected chi connectivity index (χ3v) is 2.50. The number of fused-ring (bicyclic) bond motifs is 1. The van der Waals surface area contributed by atoms with Crippen molar-refractivity contribution < 1.29 is 19.4 Å². The van der Waals surface area contributed by atoms with E-state index in [1.807, 2.05) is 0 Å². The first-order chi connectivity index (χ1) is 7.52. The van der Waals surface area contributed by atoms with E-state index in [2.05, 4.69) is 0 Å². The van der Waals surface area contributed by atoms with Gasteiger partial charge in [-0.25, -0.2) is 0 Å². The van der Waals surface area contributed by atoms with Gasteiger partial charge in [0.2, 0.25) is 0 Å². The molecule has 84 valence electrons. The van der Waals surface area contributed by atoms with Gasteiger partial charge in [-0.15, -0.1) is 0 Å². The van der Waals surface area contributed by atoms with Gasteiger partial charge in [0.15, 0.2) is 11.3 Å². The molecule has 5 heteroatoms. The van der Waals surface area contributed by atoms with Gasteiger partial charge in [0.05, 0.1) is 0 Å². The molecule has 0 spiro atoms. The molecule has 0 radical (unpaired) electrons. The Balaban J connectivity index is 2.74. The third kappa shape index (κ3) is 1.42. The van der Waals surface area contributed by atoms with E-state index in [9.17, 15) is 9.90 Å². The van der Waals surface area contributed by atoms with Crippen LogP contribution in [0.4, 0.5) is 0 Å². The Morgan fingerprint density at radius 2 is 2.19 bits per heavy atom. The van der Waals surface area contributed by atoms with Gasteiger partial charge in [0, 0.05) is 10.9 Å². The minimum Gasteiger partial charge on any atom is -0.504 e. The number of benzene rings is 1. The van der Waals surface area contributed by atoms with E-state index in [4.69, 9.17) is 15.3 Å². The summed E-state index contributed by atoms with van der Waals surface area (Å²) < 4.78 is 5.31. The minimum atomic E-state index is -1.15. The zero-order valence-corrected chi connectivity index (χ0v) is 8.60. The summed E-state index contributed by atoms with van der Waals surface area (Å²) in [5, 5.41) is 19.0. The van der Waals surface area contributed by atoms with Gasteiger partial charge in [-0.3, -0.25) is 4.79 Å². The highest BCUT2D eigenvalue weighted by molar-refractivity contribution is 5.91. The molecule has 0 bridgehead atoms. The van der Waals surface area contributed by atoms with Crippen molar-refractivity contribution in [3.63, 3.8) is 0 Å². The maximum absolute atomic E-state index is 10.8. The largest absolute Gasteiger partial charge is 0.504 e. The number of hydrogen-bond donors (Lipinski definition) is 3. The Labute approximate surface area is 91.1 Å². The monoisotopic (exact) mass is 221 g/mol. The number of hydrogen-bond acceptors (Lipinski definition) is 4. The van der Waals surface area contributed by atoms with Crippen molar-refractivity contribution in [2.45, 2.75) is 13.0 Å².